The van der Waals surface area contributed by atoms with Gasteiger partial charge in [-0.3, -0.25) is 9.10 Å². The lowest BCUT2D eigenvalue weighted by Gasteiger charge is -2.27. The van der Waals surface area contributed by atoms with Crippen molar-refractivity contribution < 1.29 is 32.2 Å². The van der Waals surface area contributed by atoms with Crippen LogP contribution < -0.4 is 28.6 Å². The molecule has 0 fully saturated rings. The number of benzene rings is 2. The van der Waals surface area contributed by atoms with Crippen LogP contribution in [0.3, 0.4) is 0 Å². The summed E-state index contributed by atoms with van der Waals surface area (Å²) < 4.78 is 47.6. The van der Waals surface area contributed by atoms with Crippen molar-refractivity contribution in [2.24, 2.45) is 0 Å². The second-order valence-corrected chi connectivity index (χ2v) is 8.52. The number of sulfonamides is 1. The van der Waals surface area contributed by atoms with Crippen LogP contribution in [-0.2, 0) is 14.8 Å². The van der Waals surface area contributed by atoms with Crippen LogP contribution in [0.4, 0.5) is 5.69 Å². The van der Waals surface area contributed by atoms with Gasteiger partial charge < -0.3 is 24.3 Å². The second kappa shape index (κ2) is 9.12. The molecule has 1 aliphatic heterocycles. The van der Waals surface area contributed by atoms with Gasteiger partial charge >= 0.3 is 0 Å². The Morgan fingerprint density at radius 3 is 2.57 bits per heavy atom. The van der Waals surface area contributed by atoms with Gasteiger partial charge in [-0.1, -0.05) is 12.1 Å². The highest BCUT2D eigenvalue weighted by molar-refractivity contribution is 7.92. The predicted molar refractivity (Wildman–Crippen MR) is 111 cm³/mol. The molecule has 2 aromatic carbocycles. The molecule has 0 radical (unpaired) electrons. The van der Waals surface area contributed by atoms with Crippen LogP contribution in [0.1, 0.15) is 0 Å². The Hall–Kier alpha value is -3.14. The van der Waals surface area contributed by atoms with Crippen LogP contribution in [-0.4, -0.2) is 60.6 Å². The summed E-state index contributed by atoms with van der Waals surface area (Å²) in [5.41, 5.74) is 0.209. The van der Waals surface area contributed by atoms with E-state index in [2.05, 4.69) is 5.32 Å². The van der Waals surface area contributed by atoms with Gasteiger partial charge in [-0.15, -0.1) is 0 Å². The molecule has 1 unspecified atom stereocenters. The first-order chi connectivity index (χ1) is 14.3. The molecule has 0 spiro atoms. The van der Waals surface area contributed by atoms with Crippen LogP contribution in [0.25, 0.3) is 0 Å². The molecule has 1 atom stereocenters. The van der Waals surface area contributed by atoms with E-state index < -0.39 is 22.5 Å². The lowest BCUT2D eigenvalue weighted by Crippen LogP contribution is -2.45. The number of nitrogens with zero attached hydrogens (tertiary/aromatic N) is 1. The van der Waals surface area contributed by atoms with E-state index in [0.717, 1.165) is 10.6 Å². The summed E-state index contributed by atoms with van der Waals surface area (Å²) in [6.45, 7) is 0.0172. The van der Waals surface area contributed by atoms with Gasteiger partial charge in [0.25, 0.3) is 0 Å². The SMILES string of the molecule is COc1ccc(OC)c(N(CC(=O)NCC2COc3ccccc3O2)S(C)(=O)=O)c1. The third kappa shape index (κ3) is 5.07. The highest BCUT2D eigenvalue weighted by atomic mass is 32.2. The lowest BCUT2D eigenvalue weighted by atomic mass is 10.2. The van der Waals surface area contributed by atoms with Crippen molar-refractivity contribution in [3.8, 4) is 23.0 Å². The minimum atomic E-state index is -3.77. The molecule has 3 rings (SSSR count). The summed E-state index contributed by atoms with van der Waals surface area (Å²) in [5.74, 6) is 1.49. The third-order valence-corrected chi connectivity index (χ3v) is 5.56. The number of carbonyl (C=O) groups excluding carboxylic acids is 1. The van der Waals surface area contributed by atoms with E-state index in [1.165, 1.54) is 20.3 Å². The molecule has 0 bridgehead atoms. The van der Waals surface area contributed by atoms with Gasteiger partial charge in [-0.2, -0.15) is 0 Å². The standard InChI is InChI=1S/C20H24N2O7S/c1-26-14-8-9-17(27-2)16(10-14)22(30(3,24)25)12-20(23)21-11-15-13-28-18-6-4-5-7-19(18)29-15/h4-10,15H,11-13H2,1-3H3,(H,21,23). The first-order valence-corrected chi connectivity index (χ1v) is 11.0. The molecule has 0 saturated heterocycles. The average molecular weight is 436 g/mol. The molecule has 0 aromatic heterocycles. The van der Waals surface area contributed by atoms with Crippen molar-refractivity contribution in [3.05, 3.63) is 42.5 Å². The maximum Gasteiger partial charge on any atom is 0.240 e. The number of para-hydroxylation sites is 2. The molecule has 0 saturated carbocycles. The second-order valence-electron chi connectivity index (χ2n) is 6.61. The smallest absolute Gasteiger partial charge is 0.240 e. The zero-order valence-electron chi connectivity index (χ0n) is 17.0. The molecule has 1 N–H and O–H groups in total. The molecule has 1 aliphatic rings. The molecular formula is C20H24N2O7S. The van der Waals surface area contributed by atoms with E-state index in [-0.39, 0.29) is 24.9 Å². The number of ether oxygens (including phenoxy) is 4. The van der Waals surface area contributed by atoms with Crippen LogP contribution in [0.15, 0.2) is 42.5 Å². The van der Waals surface area contributed by atoms with Crippen molar-refractivity contribution in [3.63, 3.8) is 0 Å². The monoisotopic (exact) mass is 436 g/mol. The van der Waals surface area contributed by atoms with Gasteiger partial charge in [0.15, 0.2) is 11.5 Å². The number of carbonyl (C=O) groups is 1. The van der Waals surface area contributed by atoms with E-state index in [9.17, 15) is 13.2 Å². The summed E-state index contributed by atoms with van der Waals surface area (Å²) in [5, 5.41) is 2.70. The molecule has 1 heterocycles. The number of fused-ring (bicyclic) bond motifs is 1. The number of rotatable bonds is 8. The predicted octanol–water partition coefficient (Wildman–Crippen LogP) is 1.43. The van der Waals surface area contributed by atoms with Crippen molar-refractivity contribution in [1.29, 1.82) is 0 Å². The molecule has 162 valence electrons. The Bertz CT molecular complexity index is 1010. The van der Waals surface area contributed by atoms with Crippen LogP contribution >= 0.6 is 0 Å². The van der Waals surface area contributed by atoms with Gasteiger partial charge in [0.2, 0.25) is 15.9 Å². The number of amides is 1. The number of anilines is 1. The topological polar surface area (TPSA) is 103 Å². The van der Waals surface area contributed by atoms with Crippen molar-refractivity contribution >= 4 is 21.6 Å². The molecule has 2 aromatic rings. The Morgan fingerprint density at radius 2 is 1.90 bits per heavy atom. The normalized spacial score (nSPS) is 15.2. The van der Waals surface area contributed by atoms with Crippen LogP contribution in [0.2, 0.25) is 0 Å². The summed E-state index contributed by atoms with van der Waals surface area (Å²) in [6, 6.07) is 12.0. The Morgan fingerprint density at radius 1 is 1.17 bits per heavy atom. The van der Waals surface area contributed by atoms with E-state index in [1.807, 2.05) is 12.1 Å². The van der Waals surface area contributed by atoms with E-state index >= 15 is 0 Å². The molecule has 0 aliphatic carbocycles. The minimum absolute atomic E-state index is 0.167. The lowest BCUT2D eigenvalue weighted by molar-refractivity contribution is -0.120. The van der Waals surface area contributed by atoms with Crippen LogP contribution in [0, 0.1) is 0 Å². The Labute approximate surface area is 175 Å². The van der Waals surface area contributed by atoms with Crippen LogP contribution in [0.5, 0.6) is 23.0 Å². The number of nitrogens with one attached hydrogen (secondary N) is 1. The van der Waals surface area contributed by atoms with Crippen molar-refractivity contribution in [1.82, 2.24) is 5.32 Å². The quantitative estimate of drug-likeness (QED) is 0.668. The van der Waals surface area contributed by atoms with Gasteiger partial charge in [0, 0.05) is 6.07 Å². The fourth-order valence-electron chi connectivity index (χ4n) is 2.95. The fourth-order valence-corrected chi connectivity index (χ4v) is 3.80. The van der Waals surface area contributed by atoms with Crippen molar-refractivity contribution in [2.45, 2.75) is 6.10 Å². The van der Waals surface area contributed by atoms with Gasteiger partial charge in [0.1, 0.15) is 30.8 Å². The summed E-state index contributed by atoms with van der Waals surface area (Å²) in [6.07, 6.45) is 0.635. The van der Waals surface area contributed by atoms with Gasteiger partial charge in [-0.25, -0.2) is 8.42 Å². The zero-order chi connectivity index (χ0) is 21.7. The first kappa shape index (κ1) is 21.6. The van der Waals surface area contributed by atoms with E-state index in [4.69, 9.17) is 18.9 Å². The van der Waals surface area contributed by atoms with E-state index in [1.54, 1.807) is 24.3 Å². The maximum absolute atomic E-state index is 12.5. The summed E-state index contributed by atoms with van der Waals surface area (Å²) in [7, 11) is -0.886. The highest BCUT2D eigenvalue weighted by Crippen LogP contribution is 2.34. The molecule has 9 nitrogen and oxygen atoms in total. The number of methoxy groups -OCH3 is 2. The van der Waals surface area contributed by atoms with Gasteiger partial charge in [0.05, 0.1) is 32.7 Å². The Balaban J connectivity index is 1.69. The molecule has 10 heteroatoms. The first-order valence-electron chi connectivity index (χ1n) is 9.16. The Kier molecular flexibility index (Phi) is 6.56. The summed E-state index contributed by atoms with van der Waals surface area (Å²) in [4.78, 5) is 12.5. The molecule has 1 amide bonds. The molecular weight excluding hydrogens is 412 g/mol. The van der Waals surface area contributed by atoms with Crippen molar-refractivity contribution in [2.75, 3.05) is 44.5 Å². The summed E-state index contributed by atoms with van der Waals surface area (Å²) >= 11 is 0. The number of hydrogen-bond acceptors (Lipinski definition) is 7. The third-order valence-electron chi connectivity index (χ3n) is 4.44. The maximum atomic E-state index is 12.5. The number of hydrogen-bond donors (Lipinski definition) is 1. The fraction of sp³-hybridized carbons (Fsp3) is 0.350. The largest absolute Gasteiger partial charge is 0.497 e. The van der Waals surface area contributed by atoms with Gasteiger partial charge in [-0.05, 0) is 24.3 Å². The zero-order valence-corrected chi connectivity index (χ0v) is 17.8. The highest BCUT2D eigenvalue weighted by Gasteiger charge is 2.26. The minimum Gasteiger partial charge on any atom is -0.497 e. The molecule has 30 heavy (non-hydrogen) atoms. The van der Waals surface area contributed by atoms with E-state index in [0.29, 0.717) is 23.0 Å². The average Bonchev–Trinajstić information content (AvgIpc) is 2.74.